The summed E-state index contributed by atoms with van der Waals surface area (Å²) in [4.78, 5) is 27.7. The zero-order valence-corrected chi connectivity index (χ0v) is 21.3. The molecule has 5 rings (SSSR count). The minimum atomic E-state index is -2.82. The molecule has 3 heterocycles. The van der Waals surface area contributed by atoms with Crippen molar-refractivity contribution in [2.45, 2.75) is 33.2 Å². The number of hydrogen-bond donors (Lipinski definition) is 2. The van der Waals surface area contributed by atoms with Crippen LogP contribution in [0.3, 0.4) is 0 Å². The number of nitrogens with one attached hydrogen (secondary N) is 2. The lowest BCUT2D eigenvalue weighted by Gasteiger charge is -2.39. The van der Waals surface area contributed by atoms with E-state index < -0.39 is 24.9 Å². The molecule has 2 amide bonds. The van der Waals surface area contributed by atoms with E-state index in [0.29, 0.717) is 11.3 Å². The third-order valence-corrected chi connectivity index (χ3v) is 6.57. The second-order valence-electron chi connectivity index (χ2n) is 9.60. The summed E-state index contributed by atoms with van der Waals surface area (Å²) in [5, 5.41) is 15.2. The van der Waals surface area contributed by atoms with E-state index in [2.05, 4.69) is 10.4 Å². The number of aromatic nitrogens is 2. The number of anilines is 2. The van der Waals surface area contributed by atoms with Crippen molar-refractivity contribution in [1.29, 1.82) is 5.41 Å². The quantitative estimate of drug-likeness (QED) is 0.487. The molecule has 0 atom stereocenters. The van der Waals surface area contributed by atoms with Crippen molar-refractivity contribution in [2.24, 2.45) is 7.05 Å². The molecule has 1 aromatic heterocycles. The minimum Gasteiger partial charge on any atom is -0.355 e. The highest BCUT2D eigenvalue weighted by Crippen LogP contribution is 2.33. The van der Waals surface area contributed by atoms with Crippen molar-refractivity contribution in [3.63, 3.8) is 0 Å². The number of aryl methyl sites for hydroxylation is 1. The second kappa shape index (κ2) is 10.1. The van der Waals surface area contributed by atoms with Crippen LogP contribution in [0.4, 0.5) is 20.2 Å². The molecule has 2 aromatic carbocycles. The van der Waals surface area contributed by atoms with E-state index in [1.165, 1.54) is 16.7 Å². The van der Waals surface area contributed by atoms with Crippen LogP contribution in [-0.4, -0.2) is 63.2 Å². The van der Waals surface area contributed by atoms with E-state index in [4.69, 9.17) is 5.41 Å². The van der Waals surface area contributed by atoms with E-state index in [9.17, 15) is 18.4 Å². The molecule has 0 saturated carbocycles. The molecule has 37 heavy (non-hydrogen) atoms. The van der Waals surface area contributed by atoms with Crippen molar-refractivity contribution in [3.8, 4) is 0 Å². The molecule has 0 radical (unpaired) electrons. The van der Waals surface area contributed by atoms with Crippen molar-refractivity contribution < 1.29 is 18.4 Å². The Morgan fingerprint density at radius 2 is 1.92 bits per heavy atom. The monoisotopic (exact) mass is 508 g/mol. The molecular weight excluding hydrogens is 478 g/mol. The van der Waals surface area contributed by atoms with Crippen LogP contribution in [-0.2, 0) is 18.4 Å². The number of carbonyl (C=O) groups excluding carboxylic acids is 2. The van der Waals surface area contributed by atoms with Crippen LogP contribution < -0.4 is 5.32 Å². The molecule has 2 N–H and O–H groups in total. The summed E-state index contributed by atoms with van der Waals surface area (Å²) >= 11 is 0. The Morgan fingerprint density at radius 1 is 1.19 bits per heavy atom. The number of amides is 2. The van der Waals surface area contributed by atoms with Crippen LogP contribution in [0.25, 0.3) is 10.9 Å². The largest absolute Gasteiger partial charge is 0.355 e. The van der Waals surface area contributed by atoms with Gasteiger partial charge in [0.15, 0.2) is 0 Å². The van der Waals surface area contributed by atoms with Crippen LogP contribution in [0.5, 0.6) is 0 Å². The minimum absolute atomic E-state index is 0.204. The first-order valence-corrected chi connectivity index (χ1v) is 11.9. The Morgan fingerprint density at radius 3 is 2.54 bits per heavy atom. The van der Waals surface area contributed by atoms with Crippen LogP contribution in [0.1, 0.15) is 36.7 Å². The van der Waals surface area contributed by atoms with Gasteiger partial charge in [-0.1, -0.05) is 17.7 Å². The number of alkyl halides is 2. The number of allylic oxidation sites excluding steroid dienone is 2. The Bertz CT molecular complexity index is 1400. The summed E-state index contributed by atoms with van der Waals surface area (Å²) in [5.74, 6) is -3.56. The maximum absolute atomic E-state index is 13.0. The molecule has 0 aliphatic carbocycles. The first-order chi connectivity index (χ1) is 17.5. The van der Waals surface area contributed by atoms with Gasteiger partial charge in [-0.2, -0.15) is 5.10 Å². The maximum Gasteiger partial charge on any atom is 0.282 e. The molecule has 0 bridgehead atoms. The van der Waals surface area contributed by atoms with Crippen LogP contribution in [0, 0.1) is 5.41 Å². The number of carbonyl (C=O) groups is 2. The highest BCUT2D eigenvalue weighted by Gasteiger charge is 2.46. The zero-order valence-electron chi connectivity index (χ0n) is 21.3. The van der Waals surface area contributed by atoms with Crippen molar-refractivity contribution >= 4 is 40.3 Å². The Kier molecular flexibility index (Phi) is 7.11. The van der Waals surface area contributed by atoms with Crippen LogP contribution in [0.2, 0.25) is 0 Å². The Hall–Kier alpha value is -4.08. The lowest BCUT2D eigenvalue weighted by Crippen LogP contribution is -2.60. The molecule has 194 valence electrons. The highest BCUT2D eigenvalue weighted by molar-refractivity contribution is 6.05. The van der Waals surface area contributed by atoms with Gasteiger partial charge in [-0.05, 0) is 56.2 Å². The normalized spacial score (nSPS) is 15.5. The topological polar surface area (TPSA) is 94.3 Å². The third-order valence-electron chi connectivity index (χ3n) is 6.57. The fourth-order valence-corrected chi connectivity index (χ4v) is 4.14. The summed E-state index contributed by atoms with van der Waals surface area (Å²) in [6.45, 7) is 4.85. The van der Waals surface area contributed by atoms with Gasteiger partial charge >= 0.3 is 0 Å². The molecular formula is C27H30F2N6O2. The van der Waals surface area contributed by atoms with Crippen molar-refractivity contribution in [2.75, 3.05) is 25.0 Å². The molecule has 1 fully saturated rings. The van der Waals surface area contributed by atoms with E-state index >= 15 is 0 Å². The SMILES string of the molecule is CC(C)=C(C)C=N.Cn1ncc2cc(Nc3cccc4c3C(=O)N(CC(=O)N3CC(F)(F)C3)C4)ccc21. The van der Waals surface area contributed by atoms with E-state index in [1.54, 1.807) is 10.9 Å². The molecule has 3 aromatic rings. The molecule has 10 heteroatoms. The summed E-state index contributed by atoms with van der Waals surface area (Å²) in [6, 6.07) is 11.3. The number of benzene rings is 2. The first kappa shape index (κ1) is 26.0. The number of rotatable bonds is 5. The second-order valence-corrected chi connectivity index (χ2v) is 9.60. The highest BCUT2D eigenvalue weighted by atomic mass is 19.3. The number of likely N-dealkylation sites (tertiary alicyclic amines) is 1. The molecule has 8 nitrogen and oxygen atoms in total. The van der Waals surface area contributed by atoms with Gasteiger partial charge in [0, 0.05) is 30.9 Å². The van der Waals surface area contributed by atoms with Gasteiger partial charge in [-0.25, -0.2) is 8.78 Å². The molecule has 2 aliphatic heterocycles. The van der Waals surface area contributed by atoms with Crippen molar-refractivity contribution in [1.82, 2.24) is 19.6 Å². The summed E-state index contributed by atoms with van der Waals surface area (Å²) in [6.07, 6.45) is 3.14. The van der Waals surface area contributed by atoms with Gasteiger partial charge in [0.05, 0.1) is 36.1 Å². The van der Waals surface area contributed by atoms with E-state index in [0.717, 1.165) is 32.6 Å². The van der Waals surface area contributed by atoms with Crippen LogP contribution >= 0.6 is 0 Å². The van der Waals surface area contributed by atoms with Gasteiger partial charge in [0.2, 0.25) is 5.91 Å². The number of fused-ring (bicyclic) bond motifs is 2. The molecule has 1 saturated heterocycles. The number of nitrogens with zero attached hydrogens (tertiary/aromatic N) is 4. The molecule has 0 spiro atoms. The van der Waals surface area contributed by atoms with Gasteiger partial charge in [-0.3, -0.25) is 14.3 Å². The molecule has 2 aliphatic rings. The van der Waals surface area contributed by atoms with Gasteiger partial charge in [0.1, 0.15) is 6.54 Å². The van der Waals surface area contributed by atoms with Gasteiger partial charge in [-0.15, -0.1) is 0 Å². The number of halogens is 2. The zero-order chi connectivity index (χ0) is 26.9. The van der Waals surface area contributed by atoms with E-state index in [1.807, 2.05) is 64.2 Å². The van der Waals surface area contributed by atoms with Gasteiger partial charge in [0.25, 0.3) is 11.8 Å². The standard InChI is InChI=1S/C21H19F2N5O2.C6H11N/c1-26-17-6-5-15(7-14(17)8-24-26)25-16-4-2-3-13-9-27(20(30)19(13)16)10-18(29)28-11-21(22,23)12-28;1-5(2)6(3)4-7/h2-8,25H,9-12H2,1H3;4,7H,1-3H3. The lowest BCUT2D eigenvalue weighted by molar-refractivity contribution is -0.166. The van der Waals surface area contributed by atoms with Gasteiger partial charge < -0.3 is 20.5 Å². The smallest absolute Gasteiger partial charge is 0.282 e. The first-order valence-electron chi connectivity index (χ1n) is 11.9. The van der Waals surface area contributed by atoms with Crippen molar-refractivity contribution in [3.05, 3.63) is 64.9 Å². The summed E-state index contributed by atoms with van der Waals surface area (Å²) in [5.41, 5.74) is 6.03. The fourth-order valence-electron chi connectivity index (χ4n) is 4.14. The predicted octanol–water partition coefficient (Wildman–Crippen LogP) is 4.74. The lowest BCUT2D eigenvalue weighted by atomic mass is 10.1. The summed E-state index contributed by atoms with van der Waals surface area (Å²) < 4.78 is 27.8. The average Bonchev–Trinajstić information content (AvgIpc) is 3.36. The third kappa shape index (κ3) is 5.52. The fraction of sp³-hybridized carbons (Fsp3) is 0.333. The van der Waals surface area contributed by atoms with E-state index in [-0.39, 0.29) is 19.0 Å². The molecule has 0 unspecified atom stereocenters. The average molecular weight is 509 g/mol. The maximum atomic E-state index is 13.0. The van der Waals surface area contributed by atoms with Crippen LogP contribution in [0.15, 0.2) is 53.7 Å². The number of hydrogen-bond acceptors (Lipinski definition) is 5. The Labute approximate surface area is 214 Å². The Balaban J connectivity index is 0.000000405. The summed E-state index contributed by atoms with van der Waals surface area (Å²) in [7, 11) is 1.87. The predicted molar refractivity (Wildman–Crippen MR) is 140 cm³/mol.